The minimum absolute atomic E-state index is 0.114. The summed E-state index contributed by atoms with van der Waals surface area (Å²) in [6.45, 7) is 1.50. The maximum absolute atomic E-state index is 14.0. The summed E-state index contributed by atoms with van der Waals surface area (Å²) < 4.78 is 53.9. The Morgan fingerprint density at radius 2 is 1.61 bits per heavy atom. The predicted molar refractivity (Wildman–Crippen MR) is 60.4 cm³/mol. The van der Waals surface area contributed by atoms with Gasteiger partial charge in [-0.15, -0.1) is 0 Å². The Balaban J connectivity index is 2.40. The SMILES string of the molecule is Cc1ccc(F)c(C2(N)CCC(F)(F)CC2)c1F. The summed E-state index contributed by atoms with van der Waals surface area (Å²) >= 11 is 0. The van der Waals surface area contributed by atoms with Crippen LogP contribution in [-0.2, 0) is 5.54 Å². The Morgan fingerprint density at radius 1 is 1.06 bits per heavy atom. The highest BCUT2D eigenvalue weighted by Crippen LogP contribution is 2.43. The summed E-state index contributed by atoms with van der Waals surface area (Å²) in [7, 11) is 0. The molecule has 100 valence electrons. The molecule has 0 bridgehead atoms. The summed E-state index contributed by atoms with van der Waals surface area (Å²) in [5.41, 5.74) is 4.65. The van der Waals surface area contributed by atoms with Crippen LogP contribution in [0.3, 0.4) is 0 Å². The Hall–Kier alpha value is -1.10. The van der Waals surface area contributed by atoms with Gasteiger partial charge in [0.1, 0.15) is 11.6 Å². The monoisotopic (exact) mass is 261 g/mol. The van der Waals surface area contributed by atoms with Gasteiger partial charge in [0.25, 0.3) is 0 Å². The third-order valence-corrected chi connectivity index (χ3v) is 3.66. The number of nitrogens with two attached hydrogens (primary N) is 1. The molecule has 0 saturated heterocycles. The maximum Gasteiger partial charge on any atom is 0.248 e. The van der Waals surface area contributed by atoms with Crippen molar-refractivity contribution >= 4 is 0 Å². The largest absolute Gasteiger partial charge is 0.321 e. The summed E-state index contributed by atoms with van der Waals surface area (Å²) in [6.07, 6.45) is -1.10. The molecule has 0 aliphatic heterocycles. The van der Waals surface area contributed by atoms with Gasteiger partial charge in [0.05, 0.1) is 0 Å². The van der Waals surface area contributed by atoms with Crippen molar-refractivity contribution < 1.29 is 17.6 Å². The standard InChI is InChI=1S/C13H15F4N/c1-8-2-3-9(14)10(11(8)15)12(18)4-6-13(16,17)7-5-12/h2-3H,4-7,18H2,1H3. The van der Waals surface area contributed by atoms with Crippen LogP contribution in [-0.4, -0.2) is 5.92 Å². The zero-order valence-corrected chi connectivity index (χ0v) is 10.1. The molecule has 5 heteroatoms. The zero-order valence-electron chi connectivity index (χ0n) is 10.1. The summed E-state index contributed by atoms with van der Waals surface area (Å²) in [5, 5.41) is 0. The number of aryl methyl sites for hydroxylation is 1. The van der Waals surface area contributed by atoms with Crippen LogP contribution in [0, 0.1) is 18.6 Å². The number of alkyl halides is 2. The number of rotatable bonds is 1. The normalized spacial score (nSPS) is 21.9. The maximum atomic E-state index is 14.0. The van der Waals surface area contributed by atoms with Crippen LogP contribution in [0.15, 0.2) is 12.1 Å². The van der Waals surface area contributed by atoms with E-state index in [9.17, 15) is 17.6 Å². The van der Waals surface area contributed by atoms with Gasteiger partial charge in [-0.1, -0.05) is 6.07 Å². The molecular formula is C13H15F4N. The Labute approximate surface area is 103 Å². The van der Waals surface area contributed by atoms with Gasteiger partial charge < -0.3 is 5.73 Å². The molecule has 1 fully saturated rings. The average Bonchev–Trinajstić information content (AvgIpc) is 2.29. The molecular weight excluding hydrogens is 246 g/mol. The second-order valence-corrected chi connectivity index (χ2v) is 5.07. The van der Waals surface area contributed by atoms with E-state index in [0.717, 1.165) is 6.07 Å². The molecule has 1 aromatic rings. The molecule has 0 heterocycles. The smallest absolute Gasteiger partial charge is 0.248 e. The Bertz CT molecular complexity index is 460. The molecule has 1 aliphatic carbocycles. The fraction of sp³-hybridized carbons (Fsp3) is 0.538. The van der Waals surface area contributed by atoms with Crippen LogP contribution < -0.4 is 5.73 Å². The van der Waals surface area contributed by atoms with Gasteiger partial charge in [-0.05, 0) is 31.4 Å². The van der Waals surface area contributed by atoms with Gasteiger partial charge in [0.2, 0.25) is 5.92 Å². The molecule has 0 aromatic heterocycles. The van der Waals surface area contributed by atoms with E-state index in [1.165, 1.54) is 13.0 Å². The highest BCUT2D eigenvalue weighted by molar-refractivity contribution is 5.33. The van der Waals surface area contributed by atoms with E-state index in [1.54, 1.807) is 0 Å². The number of hydrogen-bond donors (Lipinski definition) is 1. The van der Waals surface area contributed by atoms with Crippen molar-refractivity contribution in [2.75, 3.05) is 0 Å². The van der Waals surface area contributed by atoms with E-state index in [4.69, 9.17) is 5.73 Å². The molecule has 2 N–H and O–H groups in total. The van der Waals surface area contributed by atoms with Gasteiger partial charge in [-0.3, -0.25) is 0 Å². The first-order valence-electron chi connectivity index (χ1n) is 5.87. The highest BCUT2D eigenvalue weighted by atomic mass is 19.3. The molecule has 0 spiro atoms. The van der Waals surface area contributed by atoms with Crippen LogP contribution in [0.5, 0.6) is 0 Å². The molecule has 1 aromatic carbocycles. The van der Waals surface area contributed by atoms with Gasteiger partial charge in [-0.25, -0.2) is 17.6 Å². The topological polar surface area (TPSA) is 26.0 Å². The van der Waals surface area contributed by atoms with Crippen molar-refractivity contribution in [2.45, 2.75) is 44.1 Å². The van der Waals surface area contributed by atoms with E-state index in [2.05, 4.69) is 0 Å². The minimum atomic E-state index is -2.78. The van der Waals surface area contributed by atoms with Crippen LogP contribution >= 0.6 is 0 Å². The van der Waals surface area contributed by atoms with Gasteiger partial charge in [-0.2, -0.15) is 0 Å². The Kier molecular flexibility index (Phi) is 3.13. The molecule has 0 radical (unpaired) electrons. The fourth-order valence-corrected chi connectivity index (χ4v) is 2.42. The van der Waals surface area contributed by atoms with Crippen molar-refractivity contribution in [1.29, 1.82) is 0 Å². The van der Waals surface area contributed by atoms with Crippen molar-refractivity contribution in [3.05, 3.63) is 34.9 Å². The Morgan fingerprint density at radius 3 is 2.17 bits per heavy atom. The van der Waals surface area contributed by atoms with Crippen LogP contribution in [0.2, 0.25) is 0 Å². The lowest BCUT2D eigenvalue weighted by Gasteiger charge is -2.37. The van der Waals surface area contributed by atoms with E-state index >= 15 is 0 Å². The third kappa shape index (κ3) is 2.23. The number of halogens is 4. The van der Waals surface area contributed by atoms with Gasteiger partial charge in [0.15, 0.2) is 0 Å². The third-order valence-electron chi connectivity index (χ3n) is 3.66. The van der Waals surface area contributed by atoms with E-state index in [1.807, 2.05) is 0 Å². The summed E-state index contributed by atoms with van der Waals surface area (Å²) in [6, 6.07) is 2.45. The van der Waals surface area contributed by atoms with E-state index in [-0.39, 0.29) is 24.0 Å². The number of hydrogen-bond acceptors (Lipinski definition) is 1. The first-order chi connectivity index (χ1) is 8.25. The van der Waals surface area contributed by atoms with Crippen molar-refractivity contribution in [3.8, 4) is 0 Å². The quantitative estimate of drug-likeness (QED) is 0.767. The molecule has 0 atom stereocenters. The first-order valence-corrected chi connectivity index (χ1v) is 5.87. The predicted octanol–water partition coefficient (Wildman–Crippen LogP) is 3.64. The minimum Gasteiger partial charge on any atom is -0.321 e. The average molecular weight is 261 g/mol. The summed E-state index contributed by atoms with van der Waals surface area (Å²) in [4.78, 5) is 0. The van der Waals surface area contributed by atoms with Crippen molar-refractivity contribution in [1.82, 2.24) is 0 Å². The molecule has 0 amide bonds. The molecule has 1 aliphatic rings. The second-order valence-electron chi connectivity index (χ2n) is 5.07. The van der Waals surface area contributed by atoms with Crippen molar-refractivity contribution in [2.24, 2.45) is 5.73 Å². The van der Waals surface area contributed by atoms with Crippen LogP contribution in [0.1, 0.15) is 36.8 Å². The van der Waals surface area contributed by atoms with E-state index in [0.29, 0.717) is 0 Å². The molecule has 1 saturated carbocycles. The van der Waals surface area contributed by atoms with Crippen molar-refractivity contribution in [3.63, 3.8) is 0 Å². The lowest BCUT2D eigenvalue weighted by Crippen LogP contribution is -2.45. The van der Waals surface area contributed by atoms with E-state index < -0.39 is 35.9 Å². The lowest BCUT2D eigenvalue weighted by atomic mass is 9.75. The number of benzene rings is 1. The second kappa shape index (κ2) is 4.23. The molecule has 0 unspecified atom stereocenters. The summed E-state index contributed by atoms with van der Waals surface area (Å²) in [5.74, 6) is -4.26. The fourth-order valence-electron chi connectivity index (χ4n) is 2.42. The first kappa shape index (κ1) is 13.3. The molecule has 1 nitrogen and oxygen atoms in total. The lowest BCUT2D eigenvalue weighted by molar-refractivity contribution is -0.0522. The molecule has 18 heavy (non-hydrogen) atoms. The van der Waals surface area contributed by atoms with Crippen LogP contribution in [0.25, 0.3) is 0 Å². The van der Waals surface area contributed by atoms with Crippen LogP contribution in [0.4, 0.5) is 17.6 Å². The van der Waals surface area contributed by atoms with Gasteiger partial charge >= 0.3 is 0 Å². The highest BCUT2D eigenvalue weighted by Gasteiger charge is 2.44. The zero-order chi connectivity index (χ0) is 13.6. The molecule has 2 rings (SSSR count). The van der Waals surface area contributed by atoms with Gasteiger partial charge in [0, 0.05) is 23.9 Å².